The molecular formula is C19H22N2O6. The lowest BCUT2D eigenvalue weighted by Crippen LogP contribution is -2.28. The Balaban J connectivity index is 2.06. The highest BCUT2D eigenvalue weighted by molar-refractivity contribution is 5.99. The van der Waals surface area contributed by atoms with Gasteiger partial charge in [-0.05, 0) is 26.0 Å². The fourth-order valence-corrected chi connectivity index (χ4v) is 2.37. The Bertz CT molecular complexity index is 805. The number of rotatable bonds is 9. The molecule has 27 heavy (non-hydrogen) atoms. The van der Waals surface area contributed by atoms with Crippen LogP contribution in [0.2, 0.25) is 0 Å². The Kier molecular flexibility index (Phi) is 6.99. The topological polar surface area (TPSA) is 99.9 Å². The van der Waals surface area contributed by atoms with E-state index >= 15 is 0 Å². The van der Waals surface area contributed by atoms with Crippen molar-refractivity contribution >= 4 is 11.6 Å². The first-order chi connectivity index (χ1) is 13.0. The lowest BCUT2D eigenvalue weighted by atomic mass is 10.1. The molecule has 1 amide bonds. The lowest BCUT2D eigenvalue weighted by molar-refractivity contribution is -0.385. The van der Waals surface area contributed by atoms with Gasteiger partial charge in [-0.1, -0.05) is 17.7 Å². The first kappa shape index (κ1) is 20.0. The lowest BCUT2D eigenvalue weighted by Gasteiger charge is -2.12. The van der Waals surface area contributed by atoms with Gasteiger partial charge < -0.3 is 19.5 Å². The Labute approximate surface area is 157 Å². The van der Waals surface area contributed by atoms with E-state index in [4.69, 9.17) is 14.2 Å². The highest BCUT2D eigenvalue weighted by atomic mass is 16.6. The molecule has 0 atom stereocenters. The molecule has 0 bridgehead atoms. The van der Waals surface area contributed by atoms with Crippen LogP contribution in [-0.4, -0.2) is 37.7 Å². The number of hydrogen-bond acceptors (Lipinski definition) is 6. The van der Waals surface area contributed by atoms with Gasteiger partial charge in [-0.15, -0.1) is 0 Å². The standard InChI is InChI=1S/C19H22N2O6/c1-4-26-18-11-15(16(21(23)24)12-17(18)25-3)19(22)20-9-10-27-14-7-5-13(2)6-8-14/h5-8,11-12H,4,9-10H2,1-3H3,(H,20,22). The molecule has 1 N–H and O–H groups in total. The molecule has 0 saturated heterocycles. The van der Waals surface area contributed by atoms with Crippen LogP contribution in [0.1, 0.15) is 22.8 Å². The number of carbonyl (C=O) groups excluding carboxylic acids is 1. The van der Waals surface area contributed by atoms with Gasteiger partial charge in [-0.2, -0.15) is 0 Å². The van der Waals surface area contributed by atoms with Crippen molar-refractivity contribution in [1.29, 1.82) is 0 Å². The maximum Gasteiger partial charge on any atom is 0.286 e. The number of nitro benzene ring substituents is 1. The summed E-state index contributed by atoms with van der Waals surface area (Å²) in [7, 11) is 1.38. The zero-order valence-electron chi connectivity index (χ0n) is 15.5. The van der Waals surface area contributed by atoms with Gasteiger partial charge in [0.15, 0.2) is 11.5 Å². The molecule has 0 fully saturated rings. The number of hydrogen-bond donors (Lipinski definition) is 1. The highest BCUT2D eigenvalue weighted by Crippen LogP contribution is 2.34. The molecule has 8 nitrogen and oxygen atoms in total. The average molecular weight is 374 g/mol. The number of nitrogens with zero attached hydrogens (tertiary/aromatic N) is 1. The van der Waals surface area contributed by atoms with E-state index in [1.165, 1.54) is 19.2 Å². The van der Waals surface area contributed by atoms with Crippen molar-refractivity contribution < 1.29 is 23.9 Å². The van der Waals surface area contributed by atoms with Crippen LogP contribution in [0.4, 0.5) is 5.69 Å². The van der Waals surface area contributed by atoms with Crippen LogP contribution in [0.15, 0.2) is 36.4 Å². The Hall–Kier alpha value is -3.29. The van der Waals surface area contributed by atoms with E-state index in [-0.39, 0.29) is 35.9 Å². The number of ether oxygens (including phenoxy) is 3. The second-order valence-electron chi connectivity index (χ2n) is 5.63. The summed E-state index contributed by atoms with van der Waals surface area (Å²) in [6.07, 6.45) is 0. The van der Waals surface area contributed by atoms with Crippen LogP contribution in [0.3, 0.4) is 0 Å². The maximum atomic E-state index is 12.4. The SMILES string of the molecule is CCOc1cc(C(=O)NCCOc2ccc(C)cc2)c([N+](=O)[O-])cc1OC. The van der Waals surface area contributed by atoms with Crippen molar-refractivity contribution in [2.45, 2.75) is 13.8 Å². The molecule has 0 saturated carbocycles. The van der Waals surface area contributed by atoms with Crippen LogP contribution in [0.5, 0.6) is 17.2 Å². The summed E-state index contributed by atoms with van der Waals surface area (Å²) in [4.78, 5) is 23.1. The van der Waals surface area contributed by atoms with Crippen molar-refractivity contribution in [2.24, 2.45) is 0 Å². The second-order valence-corrected chi connectivity index (χ2v) is 5.63. The molecule has 0 aliphatic heterocycles. The molecule has 0 aromatic heterocycles. The number of methoxy groups -OCH3 is 1. The van der Waals surface area contributed by atoms with Crippen molar-refractivity contribution in [3.63, 3.8) is 0 Å². The predicted molar refractivity (Wildman–Crippen MR) is 99.8 cm³/mol. The van der Waals surface area contributed by atoms with Gasteiger partial charge in [0, 0.05) is 6.07 Å². The average Bonchev–Trinajstić information content (AvgIpc) is 2.66. The van der Waals surface area contributed by atoms with Crippen molar-refractivity contribution in [2.75, 3.05) is 26.9 Å². The van der Waals surface area contributed by atoms with E-state index in [0.717, 1.165) is 5.56 Å². The van der Waals surface area contributed by atoms with Gasteiger partial charge in [-0.3, -0.25) is 14.9 Å². The van der Waals surface area contributed by atoms with E-state index < -0.39 is 10.8 Å². The summed E-state index contributed by atoms with van der Waals surface area (Å²) in [5.74, 6) is 0.566. The van der Waals surface area contributed by atoms with Gasteiger partial charge in [0.05, 0.1) is 31.3 Å². The van der Waals surface area contributed by atoms with E-state index in [0.29, 0.717) is 12.4 Å². The summed E-state index contributed by atoms with van der Waals surface area (Å²) < 4.78 is 16.0. The Morgan fingerprint density at radius 1 is 1.15 bits per heavy atom. The second kappa shape index (κ2) is 9.42. The monoisotopic (exact) mass is 374 g/mol. The number of amides is 1. The summed E-state index contributed by atoms with van der Waals surface area (Å²) >= 11 is 0. The number of carbonyl (C=O) groups is 1. The molecule has 0 unspecified atom stereocenters. The minimum absolute atomic E-state index is 0.0976. The normalized spacial score (nSPS) is 10.2. The van der Waals surface area contributed by atoms with Crippen LogP contribution in [-0.2, 0) is 0 Å². The minimum atomic E-state index is -0.629. The minimum Gasteiger partial charge on any atom is -0.493 e. The third-order valence-electron chi connectivity index (χ3n) is 3.70. The Morgan fingerprint density at radius 2 is 1.85 bits per heavy atom. The molecule has 0 aliphatic carbocycles. The predicted octanol–water partition coefficient (Wildman–Crippen LogP) is 3.12. The van der Waals surface area contributed by atoms with Crippen molar-refractivity contribution in [3.05, 3.63) is 57.6 Å². The number of nitrogens with one attached hydrogen (secondary N) is 1. The summed E-state index contributed by atoms with van der Waals surface area (Å²) in [5.41, 5.74) is 0.666. The van der Waals surface area contributed by atoms with E-state index in [2.05, 4.69) is 5.32 Å². The fraction of sp³-hybridized carbons (Fsp3) is 0.316. The third-order valence-corrected chi connectivity index (χ3v) is 3.70. The van der Waals surface area contributed by atoms with Crippen LogP contribution in [0, 0.1) is 17.0 Å². The molecule has 0 heterocycles. The molecule has 2 aromatic carbocycles. The highest BCUT2D eigenvalue weighted by Gasteiger charge is 2.24. The van der Waals surface area contributed by atoms with E-state index in [9.17, 15) is 14.9 Å². The quantitative estimate of drug-likeness (QED) is 0.411. The van der Waals surface area contributed by atoms with Gasteiger partial charge >= 0.3 is 0 Å². The smallest absolute Gasteiger partial charge is 0.286 e. The zero-order valence-corrected chi connectivity index (χ0v) is 15.5. The van der Waals surface area contributed by atoms with E-state index in [1.54, 1.807) is 6.92 Å². The summed E-state index contributed by atoms with van der Waals surface area (Å²) in [6, 6.07) is 10.0. The van der Waals surface area contributed by atoms with Gasteiger partial charge in [0.2, 0.25) is 0 Å². The summed E-state index contributed by atoms with van der Waals surface area (Å²) in [5, 5.41) is 13.9. The molecule has 0 aliphatic rings. The molecule has 0 radical (unpaired) electrons. The van der Waals surface area contributed by atoms with Crippen molar-refractivity contribution in [1.82, 2.24) is 5.32 Å². The van der Waals surface area contributed by atoms with Crippen LogP contribution < -0.4 is 19.5 Å². The van der Waals surface area contributed by atoms with Gasteiger partial charge in [-0.25, -0.2) is 0 Å². The molecule has 2 rings (SSSR count). The maximum absolute atomic E-state index is 12.4. The van der Waals surface area contributed by atoms with Crippen LogP contribution >= 0.6 is 0 Å². The first-order valence-electron chi connectivity index (χ1n) is 8.43. The molecule has 144 valence electrons. The van der Waals surface area contributed by atoms with E-state index in [1.807, 2.05) is 31.2 Å². The number of nitro groups is 1. The third kappa shape index (κ3) is 5.34. The molecule has 0 spiro atoms. The van der Waals surface area contributed by atoms with Gasteiger partial charge in [0.1, 0.15) is 17.9 Å². The number of benzene rings is 2. The fourth-order valence-electron chi connectivity index (χ4n) is 2.37. The largest absolute Gasteiger partial charge is 0.493 e. The number of aryl methyl sites for hydroxylation is 1. The van der Waals surface area contributed by atoms with Gasteiger partial charge in [0.25, 0.3) is 11.6 Å². The van der Waals surface area contributed by atoms with Crippen LogP contribution in [0.25, 0.3) is 0 Å². The molecular weight excluding hydrogens is 352 g/mol. The molecule has 2 aromatic rings. The Morgan fingerprint density at radius 3 is 2.44 bits per heavy atom. The summed E-state index contributed by atoms with van der Waals surface area (Å²) in [6.45, 7) is 4.50. The zero-order chi connectivity index (χ0) is 19.8. The first-order valence-corrected chi connectivity index (χ1v) is 8.43. The van der Waals surface area contributed by atoms with Crippen molar-refractivity contribution in [3.8, 4) is 17.2 Å². The molecule has 8 heteroatoms.